The second-order valence-corrected chi connectivity index (χ2v) is 4.34. The number of nitrogens with zero attached hydrogens (tertiary/aromatic N) is 1. The molecule has 0 saturated carbocycles. The van der Waals surface area contributed by atoms with Crippen molar-refractivity contribution in [3.05, 3.63) is 34.2 Å². The van der Waals surface area contributed by atoms with Crippen molar-refractivity contribution in [1.82, 2.24) is 14.9 Å². The van der Waals surface area contributed by atoms with Crippen molar-refractivity contribution in [2.45, 2.75) is 12.8 Å². The third kappa shape index (κ3) is 1.73. The van der Waals surface area contributed by atoms with Gasteiger partial charge in [0.05, 0.1) is 11.0 Å². The number of carbonyl (C=O) groups is 1. The summed E-state index contributed by atoms with van der Waals surface area (Å²) in [5.41, 5.74) is 1.80. The van der Waals surface area contributed by atoms with E-state index in [-0.39, 0.29) is 11.6 Å². The van der Waals surface area contributed by atoms with E-state index in [0.717, 1.165) is 31.4 Å². The first-order valence-electron chi connectivity index (χ1n) is 5.75. The molecule has 2 aromatic rings. The fourth-order valence-corrected chi connectivity index (χ4v) is 2.27. The zero-order valence-corrected chi connectivity index (χ0v) is 9.32. The van der Waals surface area contributed by atoms with Crippen LogP contribution in [0.15, 0.2) is 23.0 Å². The van der Waals surface area contributed by atoms with E-state index in [1.807, 2.05) is 4.90 Å². The molecule has 2 N–H and O–H groups in total. The van der Waals surface area contributed by atoms with Crippen molar-refractivity contribution in [3.8, 4) is 0 Å². The van der Waals surface area contributed by atoms with Gasteiger partial charge in [-0.3, -0.25) is 4.79 Å². The first-order chi connectivity index (χ1) is 8.24. The maximum absolute atomic E-state index is 12.1. The Kier molecular flexibility index (Phi) is 2.24. The predicted molar refractivity (Wildman–Crippen MR) is 64.1 cm³/mol. The number of aromatic amines is 2. The van der Waals surface area contributed by atoms with Gasteiger partial charge >= 0.3 is 5.69 Å². The number of fused-ring (bicyclic) bond motifs is 1. The van der Waals surface area contributed by atoms with Crippen LogP contribution < -0.4 is 5.69 Å². The Morgan fingerprint density at radius 3 is 2.59 bits per heavy atom. The number of hydrogen-bond acceptors (Lipinski definition) is 2. The van der Waals surface area contributed by atoms with Gasteiger partial charge in [-0.1, -0.05) is 0 Å². The third-order valence-electron chi connectivity index (χ3n) is 3.16. The van der Waals surface area contributed by atoms with Gasteiger partial charge in [-0.05, 0) is 31.0 Å². The highest BCUT2D eigenvalue weighted by molar-refractivity contribution is 5.97. The number of imidazole rings is 1. The van der Waals surface area contributed by atoms with Crippen LogP contribution in [0.25, 0.3) is 11.0 Å². The van der Waals surface area contributed by atoms with Crippen LogP contribution in [0.1, 0.15) is 23.2 Å². The Labute approximate surface area is 97.4 Å². The van der Waals surface area contributed by atoms with Crippen molar-refractivity contribution >= 4 is 16.9 Å². The second-order valence-electron chi connectivity index (χ2n) is 4.34. The number of H-pyrrole nitrogens is 2. The van der Waals surface area contributed by atoms with Crippen molar-refractivity contribution in [3.63, 3.8) is 0 Å². The van der Waals surface area contributed by atoms with Crippen molar-refractivity contribution in [2.24, 2.45) is 0 Å². The van der Waals surface area contributed by atoms with E-state index in [1.54, 1.807) is 18.2 Å². The van der Waals surface area contributed by atoms with E-state index in [9.17, 15) is 9.59 Å². The molecule has 1 amide bonds. The number of nitrogens with one attached hydrogen (secondary N) is 2. The van der Waals surface area contributed by atoms with Crippen molar-refractivity contribution < 1.29 is 4.79 Å². The summed E-state index contributed by atoms with van der Waals surface area (Å²) in [6.45, 7) is 1.67. The van der Waals surface area contributed by atoms with Gasteiger partial charge in [0.2, 0.25) is 0 Å². The van der Waals surface area contributed by atoms with Gasteiger partial charge < -0.3 is 14.9 Å². The van der Waals surface area contributed by atoms with E-state index in [2.05, 4.69) is 9.97 Å². The van der Waals surface area contributed by atoms with Crippen LogP contribution in [0.5, 0.6) is 0 Å². The number of hydrogen-bond donors (Lipinski definition) is 2. The largest absolute Gasteiger partial charge is 0.339 e. The van der Waals surface area contributed by atoms with E-state index in [1.165, 1.54) is 0 Å². The monoisotopic (exact) mass is 231 g/mol. The Hall–Kier alpha value is -2.04. The Morgan fingerprint density at radius 2 is 1.82 bits per heavy atom. The molecule has 0 bridgehead atoms. The van der Waals surface area contributed by atoms with Crippen LogP contribution in [0.3, 0.4) is 0 Å². The van der Waals surface area contributed by atoms with Crippen LogP contribution in [0, 0.1) is 0 Å². The summed E-state index contributed by atoms with van der Waals surface area (Å²) < 4.78 is 0. The molecule has 0 aliphatic carbocycles. The van der Waals surface area contributed by atoms with Crippen LogP contribution >= 0.6 is 0 Å². The molecule has 3 rings (SSSR count). The number of benzene rings is 1. The minimum Gasteiger partial charge on any atom is -0.339 e. The quantitative estimate of drug-likeness (QED) is 0.771. The molecule has 1 aromatic heterocycles. The van der Waals surface area contributed by atoms with Gasteiger partial charge in [-0.25, -0.2) is 4.79 Å². The zero-order valence-electron chi connectivity index (χ0n) is 9.32. The maximum Gasteiger partial charge on any atom is 0.323 e. The fraction of sp³-hybridized carbons (Fsp3) is 0.333. The van der Waals surface area contributed by atoms with E-state index in [4.69, 9.17) is 0 Å². The number of rotatable bonds is 1. The van der Waals surface area contributed by atoms with E-state index < -0.39 is 0 Å². The molecule has 88 valence electrons. The highest BCUT2D eigenvalue weighted by Gasteiger charge is 2.19. The molecule has 1 saturated heterocycles. The lowest BCUT2D eigenvalue weighted by Gasteiger charge is -2.14. The highest BCUT2D eigenvalue weighted by Crippen LogP contribution is 2.15. The van der Waals surface area contributed by atoms with Crippen molar-refractivity contribution in [2.75, 3.05) is 13.1 Å². The summed E-state index contributed by atoms with van der Waals surface area (Å²) in [6, 6.07) is 5.25. The van der Waals surface area contributed by atoms with Gasteiger partial charge in [0.25, 0.3) is 5.91 Å². The molecule has 0 unspecified atom stereocenters. The molecular formula is C12H13N3O2. The standard InChI is InChI=1S/C12H13N3O2/c16-11(15-5-1-2-6-15)8-3-4-9-10(7-8)14-12(17)13-9/h3-4,7H,1-2,5-6H2,(H2,13,14,17). The van der Waals surface area contributed by atoms with Gasteiger partial charge in [0.15, 0.2) is 0 Å². The lowest BCUT2D eigenvalue weighted by atomic mass is 10.2. The average molecular weight is 231 g/mol. The molecule has 0 spiro atoms. The number of likely N-dealkylation sites (tertiary alicyclic amines) is 1. The smallest absolute Gasteiger partial charge is 0.323 e. The first kappa shape index (κ1) is 10.1. The second kappa shape index (κ2) is 3.76. The molecule has 1 aliphatic heterocycles. The molecule has 1 aromatic carbocycles. The number of aromatic nitrogens is 2. The molecule has 17 heavy (non-hydrogen) atoms. The van der Waals surface area contributed by atoms with Gasteiger partial charge in [0, 0.05) is 18.7 Å². The Balaban J connectivity index is 1.99. The van der Waals surface area contributed by atoms with Gasteiger partial charge in [0.1, 0.15) is 0 Å². The lowest BCUT2D eigenvalue weighted by Crippen LogP contribution is -2.27. The number of amides is 1. The molecule has 1 fully saturated rings. The fourth-order valence-electron chi connectivity index (χ4n) is 2.27. The zero-order chi connectivity index (χ0) is 11.8. The summed E-state index contributed by atoms with van der Waals surface area (Å²) in [5.74, 6) is 0.0476. The third-order valence-corrected chi connectivity index (χ3v) is 3.16. The van der Waals surface area contributed by atoms with Crippen LogP contribution in [0.4, 0.5) is 0 Å². The molecule has 1 aliphatic rings. The SMILES string of the molecule is O=C(c1ccc2[nH]c(=O)[nH]c2c1)N1CCCC1. The Morgan fingerprint density at radius 1 is 1.12 bits per heavy atom. The molecule has 0 atom stereocenters. The maximum atomic E-state index is 12.1. The normalized spacial score (nSPS) is 15.6. The van der Waals surface area contributed by atoms with Crippen molar-refractivity contribution in [1.29, 1.82) is 0 Å². The summed E-state index contributed by atoms with van der Waals surface area (Å²) in [7, 11) is 0. The summed E-state index contributed by atoms with van der Waals surface area (Å²) in [5, 5.41) is 0. The highest BCUT2D eigenvalue weighted by atomic mass is 16.2. The summed E-state index contributed by atoms with van der Waals surface area (Å²) in [6.07, 6.45) is 2.16. The topological polar surface area (TPSA) is 69.0 Å². The molecule has 5 heteroatoms. The van der Waals surface area contributed by atoms with Gasteiger partial charge in [-0.2, -0.15) is 0 Å². The molecule has 5 nitrogen and oxygen atoms in total. The van der Waals surface area contributed by atoms with Crippen LogP contribution in [0.2, 0.25) is 0 Å². The summed E-state index contributed by atoms with van der Waals surface area (Å²) >= 11 is 0. The van der Waals surface area contributed by atoms with E-state index >= 15 is 0 Å². The molecule has 2 heterocycles. The molecule has 0 radical (unpaired) electrons. The first-order valence-corrected chi connectivity index (χ1v) is 5.75. The predicted octanol–water partition coefficient (Wildman–Crippen LogP) is 1.09. The number of carbonyl (C=O) groups excluding carboxylic acids is 1. The average Bonchev–Trinajstić information content (AvgIpc) is 2.94. The minimum absolute atomic E-state index is 0.0476. The van der Waals surface area contributed by atoms with E-state index in [0.29, 0.717) is 11.1 Å². The summed E-state index contributed by atoms with van der Waals surface area (Å²) in [4.78, 5) is 30.4. The lowest BCUT2D eigenvalue weighted by molar-refractivity contribution is 0.0793. The van der Waals surface area contributed by atoms with Crippen LogP contribution in [-0.2, 0) is 0 Å². The molecular weight excluding hydrogens is 218 g/mol. The van der Waals surface area contributed by atoms with Gasteiger partial charge in [-0.15, -0.1) is 0 Å². The Bertz CT molecular complexity index is 620. The minimum atomic E-state index is -0.245. The van der Waals surface area contributed by atoms with Crippen LogP contribution in [-0.4, -0.2) is 33.9 Å².